The van der Waals surface area contributed by atoms with E-state index in [9.17, 15) is 4.79 Å². The number of aryl methyl sites for hydroxylation is 1. The van der Waals surface area contributed by atoms with E-state index in [0.717, 1.165) is 12.3 Å². The molecule has 1 atom stereocenters. The Kier molecular flexibility index (Phi) is 4.37. The van der Waals surface area contributed by atoms with E-state index in [2.05, 4.69) is 17.6 Å². The molecule has 4 heteroatoms. The van der Waals surface area contributed by atoms with Crippen LogP contribution in [0.25, 0.3) is 0 Å². The van der Waals surface area contributed by atoms with Gasteiger partial charge in [0, 0.05) is 6.54 Å². The van der Waals surface area contributed by atoms with E-state index in [1.54, 1.807) is 12.1 Å². The Morgan fingerprint density at radius 1 is 1.47 bits per heavy atom. The van der Waals surface area contributed by atoms with Crippen molar-refractivity contribution in [3.05, 3.63) is 23.7 Å². The molecular formula is C11H18N2O2. The molecule has 1 amide bonds. The van der Waals surface area contributed by atoms with Crippen LogP contribution in [0.5, 0.6) is 0 Å². The fraction of sp³-hybridized carbons (Fsp3) is 0.545. The molecule has 0 spiro atoms. The Morgan fingerprint density at radius 2 is 2.20 bits per heavy atom. The minimum Gasteiger partial charge on any atom is -0.456 e. The number of furan rings is 1. The van der Waals surface area contributed by atoms with Crippen molar-refractivity contribution in [2.24, 2.45) is 5.92 Å². The summed E-state index contributed by atoms with van der Waals surface area (Å²) in [5.41, 5.74) is 0. The van der Waals surface area contributed by atoms with Gasteiger partial charge in [0.2, 0.25) is 0 Å². The Morgan fingerprint density at radius 3 is 2.73 bits per heavy atom. The van der Waals surface area contributed by atoms with Crippen LogP contribution in [0.1, 0.15) is 23.2 Å². The second-order valence-electron chi connectivity index (χ2n) is 3.78. The molecular weight excluding hydrogens is 192 g/mol. The van der Waals surface area contributed by atoms with Crippen LogP contribution in [-0.2, 0) is 0 Å². The Bertz CT molecular complexity index is 320. The van der Waals surface area contributed by atoms with Gasteiger partial charge in [-0.25, -0.2) is 0 Å². The molecule has 1 heterocycles. The van der Waals surface area contributed by atoms with E-state index in [1.807, 2.05) is 14.0 Å². The van der Waals surface area contributed by atoms with Gasteiger partial charge < -0.3 is 15.1 Å². The van der Waals surface area contributed by atoms with E-state index in [4.69, 9.17) is 4.42 Å². The SMILES string of the molecule is CNC[C@H](C)CNC(=O)c1ccc(C)o1. The molecule has 0 saturated heterocycles. The highest BCUT2D eigenvalue weighted by Gasteiger charge is 2.10. The second-order valence-corrected chi connectivity index (χ2v) is 3.78. The van der Waals surface area contributed by atoms with Crippen molar-refractivity contribution in [3.63, 3.8) is 0 Å². The zero-order valence-electron chi connectivity index (χ0n) is 9.46. The first-order valence-electron chi connectivity index (χ1n) is 5.12. The molecule has 0 bridgehead atoms. The molecule has 0 aliphatic rings. The number of nitrogens with one attached hydrogen (secondary N) is 2. The molecule has 1 rings (SSSR count). The molecule has 1 aromatic rings. The fourth-order valence-corrected chi connectivity index (χ4v) is 1.33. The van der Waals surface area contributed by atoms with Gasteiger partial charge in [-0.3, -0.25) is 4.79 Å². The lowest BCUT2D eigenvalue weighted by Crippen LogP contribution is -2.31. The predicted octanol–water partition coefficient (Wildman–Crippen LogP) is 1.17. The first kappa shape index (κ1) is 11.8. The smallest absolute Gasteiger partial charge is 0.287 e. The lowest BCUT2D eigenvalue weighted by atomic mass is 10.2. The number of amides is 1. The zero-order chi connectivity index (χ0) is 11.3. The molecule has 0 aromatic carbocycles. The summed E-state index contributed by atoms with van der Waals surface area (Å²) >= 11 is 0. The summed E-state index contributed by atoms with van der Waals surface area (Å²) in [6.45, 7) is 5.43. The van der Waals surface area contributed by atoms with Crippen molar-refractivity contribution >= 4 is 5.91 Å². The van der Waals surface area contributed by atoms with E-state index in [-0.39, 0.29) is 5.91 Å². The molecule has 15 heavy (non-hydrogen) atoms. The van der Waals surface area contributed by atoms with Crippen LogP contribution in [0, 0.1) is 12.8 Å². The lowest BCUT2D eigenvalue weighted by Gasteiger charge is -2.10. The number of rotatable bonds is 5. The second kappa shape index (κ2) is 5.56. The summed E-state index contributed by atoms with van der Waals surface area (Å²) in [6.07, 6.45) is 0. The molecule has 0 saturated carbocycles. The van der Waals surface area contributed by atoms with Crippen LogP contribution in [0.15, 0.2) is 16.5 Å². The molecule has 0 aliphatic heterocycles. The van der Waals surface area contributed by atoms with Gasteiger partial charge in [0.25, 0.3) is 5.91 Å². The van der Waals surface area contributed by atoms with Gasteiger partial charge in [-0.2, -0.15) is 0 Å². The van der Waals surface area contributed by atoms with Crippen molar-refractivity contribution < 1.29 is 9.21 Å². The minimum atomic E-state index is -0.147. The predicted molar refractivity (Wildman–Crippen MR) is 58.9 cm³/mol. The van der Waals surface area contributed by atoms with Gasteiger partial charge >= 0.3 is 0 Å². The highest BCUT2D eigenvalue weighted by atomic mass is 16.3. The summed E-state index contributed by atoms with van der Waals surface area (Å²) in [6, 6.07) is 3.47. The standard InChI is InChI=1S/C11H18N2O2/c1-8(6-12-3)7-13-11(14)10-5-4-9(2)15-10/h4-5,8,12H,6-7H2,1-3H3,(H,13,14)/t8-/m0/s1. The van der Waals surface area contributed by atoms with Gasteiger partial charge in [-0.05, 0) is 38.6 Å². The minimum absolute atomic E-state index is 0.147. The molecule has 84 valence electrons. The third-order valence-electron chi connectivity index (χ3n) is 2.13. The van der Waals surface area contributed by atoms with Crippen LogP contribution in [-0.4, -0.2) is 26.0 Å². The van der Waals surface area contributed by atoms with E-state index < -0.39 is 0 Å². The third-order valence-corrected chi connectivity index (χ3v) is 2.13. The van der Waals surface area contributed by atoms with Crippen LogP contribution in [0.2, 0.25) is 0 Å². The summed E-state index contributed by atoms with van der Waals surface area (Å²) in [5, 5.41) is 5.88. The molecule has 0 aliphatic carbocycles. The molecule has 2 N–H and O–H groups in total. The van der Waals surface area contributed by atoms with Crippen LogP contribution >= 0.6 is 0 Å². The average Bonchev–Trinajstić information content (AvgIpc) is 2.62. The average molecular weight is 210 g/mol. The van der Waals surface area contributed by atoms with Crippen molar-refractivity contribution in [2.75, 3.05) is 20.1 Å². The summed E-state index contributed by atoms with van der Waals surface area (Å²) < 4.78 is 5.21. The topological polar surface area (TPSA) is 54.3 Å². The van der Waals surface area contributed by atoms with E-state index in [1.165, 1.54) is 0 Å². The maximum Gasteiger partial charge on any atom is 0.287 e. The summed E-state index contributed by atoms with van der Waals surface area (Å²) in [4.78, 5) is 11.5. The number of hydrogen-bond donors (Lipinski definition) is 2. The zero-order valence-corrected chi connectivity index (χ0v) is 9.46. The van der Waals surface area contributed by atoms with E-state index >= 15 is 0 Å². The van der Waals surface area contributed by atoms with Gasteiger partial charge in [0.05, 0.1) is 0 Å². The van der Waals surface area contributed by atoms with Crippen molar-refractivity contribution in [1.82, 2.24) is 10.6 Å². The van der Waals surface area contributed by atoms with Gasteiger partial charge in [0.1, 0.15) is 5.76 Å². The highest BCUT2D eigenvalue weighted by molar-refractivity contribution is 5.91. The van der Waals surface area contributed by atoms with Crippen LogP contribution in [0.3, 0.4) is 0 Å². The first-order valence-corrected chi connectivity index (χ1v) is 5.12. The number of carbonyl (C=O) groups excluding carboxylic acids is 1. The van der Waals surface area contributed by atoms with Crippen LogP contribution in [0.4, 0.5) is 0 Å². The van der Waals surface area contributed by atoms with Gasteiger partial charge in [0.15, 0.2) is 5.76 Å². The normalized spacial score (nSPS) is 12.5. The molecule has 0 unspecified atom stereocenters. The molecule has 0 fully saturated rings. The maximum absolute atomic E-state index is 11.5. The molecule has 1 aromatic heterocycles. The molecule has 4 nitrogen and oxygen atoms in total. The third kappa shape index (κ3) is 3.75. The monoisotopic (exact) mass is 210 g/mol. The van der Waals surface area contributed by atoms with E-state index in [0.29, 0.717) is 18.2 Å². The largest absolute Gasteiger partial charge is 0.456 e. The van der Waals surface area contributed by atoms with Crippen molar-refractivity contribution in [1.29, 1.82) is 0 Å². The Hall–Kier alpha value is -1.29. The Labute approximate surface area is 90.0 Å². The van der Waals surface area contributed by atoms with Gasteiger partial charge in [-0.1, -0.05) is 6.92 Å². The van der Waals surface area contributed by atoms with Crippen molar-refractivity contribution in [3.8, 4) is 0 Å². The maximum atomic E-state index is 11.5. The highest BCUT2D eigenvalue weighted by Crippen LogP contribution is 2.05. The Balaban J connectivity index is 2.36. The first-order chi connectivity index (χ1) is 7.13. The summed E-state index contributed by atoms with van der Waals surface area (Å²) in [5.74, 6) is 1.40. The lowest BCUT2D eigenvalue weighted by molar-refractivity contribution is 0.0919. The summed E-state index contributed by atoms with van der Waals surface area (Å²) in [7, 11) is 1.90. The van der Waals surface area contributed by atoms with Crippen molar-refractivity contribution in [2.45, 2.75) is 13.8 Å². The quantitative estimate of drug-likeness (QED) is 0.767. The van der Waals surface area contributed by atoms with Gasteiger partial charge in [-0.15, -0.1) is 0 Å². The molecule has 0 radical (unpaired) electrons. The number of carbonyl (C=O) groups is 1. The number of hydrogen-bond acceptors (Lipinski definition) is 3. The van der Waals surface area contributed by atoms with Crippen LogP contribution < -0.4 is 10.6 Å². The fourth-order valence-electron chi connectivity index (χ4n) is 1.33.